The van der Waals surface area contributed by atoms with E-state index in [2.05, 4.69) is 39.6 Å². The minimum Gasteiger partial charge on any atom is -0.377 e. The van der Waals surface area contributed by atoms with Crippen LogP contribution in [0.5, 0.6) is 0 Å². The van der Waals surface area contributed by atoms with E-state index in [4.69, 9.17) is 4.74 Å². The van der Waals surface area contributed by atoms with Gasteiger partial charge in [0.05, 0.1) is 6.54 Å². The van der Waals surface area contributed by atoms with E-state index < -0.39 is 0 Å². The van der Waals surface area contributed by atoms with E-state index in [-0.39, 0.29) is 42.5 Å². The normalized spacial score (nSPS) is 16.5. The zero-order chi connectivity index (χ0) is 19.1. The Morgan fingerprint density at radius 1 is 1.44 bits per heavy atom. The Balaban J connectivity index is 0.00000364. The van der Waals surface area contributed by atoms with Gasteiger partial charge in [0.25, 0.3) is 0 Å². The Morgan fingerprint density at radius 2 is 2.19 bits per heavy atom. The number of fused-ring (bicyclic) bond motifs is 1. The first kappa shape index (κ1) is 23.6. The van der Waals surface area contributed by atoms with Crippen molar-refractivity contribution in [3.8, 4) is 0 Å². The summed E-state index contributed by atoms with van der Waals surface area (Å²) in [6, 6.07) is 0.187. The molecule has 1 atom stereocenters. The first-order valence-electron chi connectivity index (χ1n) is 9.05. The van der Waals surface area contributed by atoms with Crippen molar-refractivity contribution in [1.82, 2.24) is 30.3 Å². The summed E-state index contributed by atoms with van der Waals surface area (Å²) in [6.45, 7) is 6.33. The Kier molecular flexibility index (Phi) is 9.99. The number of ether oxygens (including phenoxy) is 1. The topological polar surface area (TPSA) is 96.7 Å². The van der Waals surface area contributed by atoms with Crippen molar-refractivity contribution >= 4 is 35.8 Å². The van der Waals surface area contributed by atoms with Crippen molar-refractivity contribution in [2.75, 3.05) is 34.3 Å². The van der Waals surface area contributed by atoms with Crippen molar-refractivity contribution < 1.29 is 9.53 Å². The largest absolute Gasteiger partial charge is 0.377 e. The molecule has 2 rings (SSSR count). The van der Waals surface area contributed by atoms with Gasteiger partial charge in [0.2, 0.25) is 5.91 Å². The number of hydrogen-bond acceptors (Lipinski definition) is 5. The number of guanidine groups is 1. The van der Waals surface area contributed by atoms with Gasteiger partial charge < -0.3 is 20.3 Å². The zero-order valence-electron chi connectivity index (χ0n) is 16.9. The molecule has 0 aromatic carbocycles. The van der Waals surface area contributed by atoms with E-state index in [1.807, 2.05) is 4.68 Å². The van der Waals surface area contributed by atoms with E-state index in [0.717, 1.165) is 31.8 Å². The van der Waals surface area contributed by atoms with E-state index in [1.54, 1.807) is 26.1 Å². The molecule has 2 heterocycles. The van der Waals surface area contributed by atoms with Gasteiger partial charge in [-0.05, 0) is 12.3 Å². The summed E-state index contributed by atoms with van der Waals surface area (Å²) >= 11 is 0. The predicted molar refractivity (Wildman–Crippen MR) is 115 cm³/mol. The monoisotopic (exact) mass is 493 g/mol. The number of nitrogens with zero attached hydrogens (tertiary/aromatic N) is 5. The number of aromatic nitrogens is 3. The lowest BCUT2D eigenvalue weighted by Crippen LogP contribution is -2.48. The fraction of sp³-hybridized carbons (Fsp3) is 0.765. The number of nitrogens with one attached hydrogen (secondary N) is 2. The third-order valence-corrected chi connectivity index (χ3v) is 4.07. The second kappa shape index (κ2) is 11.4. The fourth-order valence-electron chi connectivity index (χ4n) is 2.60. The number of carbonyl (C=O) groups excluding carboxylic acids is 1. The van der Waals surface area contributed by atoms with Gasteiger partial charge >= 0.3 is 0 Å². The molecule has 1 aromatic rings. The summed E-state index contributed by atoms with van der Waals surface area (Å²) in [5.41, 5.74) is 0. The minimum atomic E-state index is -0.0259. The standard InChI is InChI=1S/C17H31N7O2.HI/c1-12(2)8-18-17(19-9-16(25)23(3)4)20-13-6-7-15-21-14(11-26-5)22-24(15)10-13;/h12-13H,6-11H2,1-5H3,(H2,18,19,20);1H. The molecule has 0 fully saturated rings. The highest BCUT2D eigenvalue weighted by molar-refractivity contribution is 14.0. The number of methoxy groups -OCH3 is 1. The summed E-state index contributed by atoms with van der Waals surface area (Å²) in [5.74, 6) is 2.83. The maximum Gasteiger partial charge on any atom is 0.243 e. The molecule has 1 aliphatic heterocycles. The number of amides is 1. The third-order valence-electron chi connectivity index (χ3n) is 4.07. The summed E-state index contributed by atoms with van der Waals surface area (Å²) in [6.07, 6.45) is 1.79. The Bertz CT molecular complexity index is 631. The second-order valence-electron chi connectivity index (χ2n) is 7.17. The van der Waals surface area contributed by atoms with Crippen molar-refractivity contribution in [2.24, 2.45) is 10.9 Å². The van der Waals surface area contributed by atoms with Gasteiger partial charge in [0.15, 0.2) is 11.8 Å². The van der Waals surface area contributed by atoms with Gasteiger partial charge in [-0.1, -0.05) is 13.8 Å². The van der Waals surface area contributed by atoms with Gasteiger partial charge in [0, 0.05) is 40.2 Å². The third kappa shape index (κ3) is 7.60. The minimum absolute atomic E-state index is 0. The highest BCUT2D eigenvalue weighted by atomic mass is 127. The van der Waals surface area contributed by atoms with Gasteiger partial charge in [-0.25, -0.2) is 14.7 Å². The maximum atomic E-state index is 11.8. The van der Waals surface area contributed by atoms with Crippen LogP contribution >= 0.6 is 24.0 Å². The van der Waals surface area contributed by atoms with Crippen LogP contribution in [0.1, 0.15) is 31.9 Å². The average molecular weight is 493 g/mol. The van der Waals surface area contributed by atoms with Gasteiger partial charge in [-0.2, -0.15) is 5.10 Å². The summed E-state index contributed by atoms with van der Waals surface area (Å²) in [4.78, 5) is 22.3. The van der Waals surface area contributed by atoms with Crippen LogP contribution in [0, 0.1) is 5.92 Å². The molecule has 2 N–H and O–H groups in total. The Morgan fingerprint density at radius 3 is 2.81 bits per heavy atom. The number of halogens is 1. The molecule has 1 aliphatic rings. The van der Waals surface area contributed by atoms with E-state index >= 15 is 0 Å². The highest BCUT2D eigenvalue weighted by Crippen LogP contribution is 2.13. The van der Waals surface area contributed by atoms with E-state index in [9.17, 15) is 4.79 Å². The summed E-state index contributed by atoms with van der Waals surface area (Å²) in [5, 5.41) is 11.2. The Hall–Kier alpha value is -1.43. The quantitative estimate of drug-likeness (QED) is 0.329. The van der Waals surface area contributed by atoms with Crippen molar-refractivity contribution in [3.05, 3.63) is 11.6 Å². The lowest BCUT2D eigenvalue weighted by molar-refractivity contribution is -0.127. The fourth-order valence-corrected chi connectivity index (χ4v) is 2.60. The molecule has 154 valence electrons. The molecule has 9 nitrogen and oxygen atoms in total. The molecular weight excluding hydrogens is 461 g/mol. The number of rotatable bonds is 7. The van der Waals surface area contributed by atoms with Crippen LogP contribution in [0.2, 0.25) is 0 Å². The molecule has 0 saturated heterocycles. The molecule has 0 bridgehead atoms. The summed E-state index contributed by atoms with van der Waals surface area (Å²) < 4.78 is 7.04. The van der Waals surface area contributed by atoms with Crippen molar-refractivity contribution in [2.45, 2.75) is 45.9 Å². The van der Waals surface area contributed by atoms with Crippen LogP contribution in [-0.2, 0) is 29.1 Å². The van der Waals surface area contributed by atoms with Crippen LogP contribution < -0.4 is 10.6 Å². The van der Waals surface area contributed by atoms with Gasteiger partial charge in [-0.3, -0.25) is 4.79 Å². The number of aryl methyl sites for hydroxylation is 1. The second-order valence-corrected chi connectivity index (χ2v) is 7.17. The Labute approximate surface area is 178 Å². The number of carbonyl (C=O) groups is 1. The first-order chi connectivity index (χ1) is 12.4. The molecular formula is C17H32IN7O2. The molecule has 0 aliphatic carbocycles. The van der Waals surface area contributed by atoms with Gasteiger partial charge in [-0.15, -0.1) is 24.0 Å². The summed E-state index contributed by atoms with van der Waals surface area (Å²) in [7, 11) is 5.11. The van der Waals surface area contributed by atoms with Crippen LogP contribution in [-0.4, -0.2) is 71.9 Å². The molecule has 1 aromatic heterocycles. The molecule has 1 unspecified atom stereocenters. The van der Waals surface area contributed by atoms with E-state index in [0.29, 0.717) is 24.3 Å². The highest BCUT2D eigenvalue weighted by Gasteiger charge is 2.22. The van der Waals surface area contributed by atoms with Gasteiger partial charge in [0.1, 0.15) is 19.0 Å². The van der Waals surface area contributed by atoms with Crippen LogP contribution in [0.25, 0.3) is 0 Å². The predicted octanol–water partition coefficient (Wildman–Crippen LogP) is 0.637. The molecule has 0 radical (unpaired) electrons. The number of likely N-dealkylation sites (N-methyl/N-ethyl adjacent to an activating group) is 1. The zero-order valence-corrected chi connectivity index (χ0v) is 19.2. The van der Waals surface area contributed by atoms with E-state index in [1.165, 1.54) is 0 Å². The van der Waals surface area contributed by atoms with Crippen molar-refractivity contribution in [3.63, 3.8) is 0 Å². The smallest absolute Gasteiger partial charge is 0.243 e. The maximum absolute atomic E-state index is 11.8. The van der Waals surface area contributed by atoms with Crippen molar-refractivity contribution in [1.29, 1.82) is 0 Å². The van der Waals surface area contributed by atoms with Crippen LogP contribution in [0.3, 0.4) is 0 Å². The SMILES string of the molecule is COCc1nc2n(n1)CC(NC(=NCC(=O)N(C)C)NCC(C)C)CC2.I. The molecule has 10 heteroatoms. The lowest BCUT2D eigenvalue weighted by atomic mass is 10.1. The first-order valence-corrected chi connectivity index (χ1v) is 9.05. The number of aliphatic imine (C=N–C) groups is 1. The molecule has 0 saturated carbocycles. The number of hydrogen-bond donors (Lipinski definition) is 2. The molecule has 27 heavy (non-hydrogen) atoms. The average Bonchev–Trinajstić information content (AvgIpc) is 2.98. The molecule has 0 spiro atoms. The van der Waals surface area contributed by atoms with Crippen LogP contribution in [0.4, 0.5) is 0 Å². The molecule has 1 amide bonds. The lowest BCUT2D eigenvalue weighted by Gasteiger charge is -2.26. The van der Waals surface area contributed by atoms with Crippen LogP contribution in [0.15, 0.2) is 4.99 Å².